The summed E-state index contributed by atoms with van der Waals surface area (Å²) in [6, 6.07) is 16.1. The number of carbonyl (C=O) groups excluding carboxylic acids is 1. The summed E-state index contributed by atoms with van der Waals surface area (Å²) in [5, 5.41) is 0. The van der Waals surface area contributed by atoms with Crippen LogP contribution in [-0.2, 0) is 14.8 Å². The Hall–Kier alpha value is -2.38. The van der Waals surface area contributed by atoms with Gasteiger partial charge in [0.1, 0.15) is 0 Å². The number of rotatable bonds is 5. The first-order chi connectivity index (χ1) is 12.4. The summed E-state index contributed by atoms with van der Waals surface area (Å²) in [5.74, 6) is -0.0682. The lowest BCUT2D eigenvalue weighted by atomic mass is 10.0. The Kier molecular flexibility index (Phi) is 5.58. The molecule has 138 valence electrons. The molecular weight excluding hydrogens is 352 g/mol. The van der Waals surface area contributed by atoms with E-state index in [-0.39, 0.29) is 11.9 Å². The molecule has 0 aliphatic carbocycles. The lowest BCUT2D eigenvalue weighted by Gasteiger charge is -2.34. The quantitative estimate of drug-likeness (QED) is 0.873. The van der Waals surface area contributed by atoms with Crippen LogP contribution < -0.4 is 9.62 Å². The van der Waals surface area contributed by atoms with Crippen LogP contribution in [0.4, 0.5) is 11.4 Å². The fraction of sp³-hybridized carbons (Fsp3) is 0.316. The van der Waals surface area contributed by atoms with Crippen LogP contribution in [0.5, 0.6) is 0 Å². The summed E-state index contributed by atoms with van der Waals surface area (Å²) in [6.07, 6.45) is 2.64. The molecule has 2 aromatic carbocycles. The van der Waals surface area contributed by atoms with Crippen molar-refractivity contribution in [3.05, 3.63) is 60.2 Å². The Morgan fingerprint density at radius 2 is 1.65 bits per heavy atom. The zero-order valence-electron chi connectivity index (χ0n) is 14.6. The molecule has 1 saturated heterocycles. The van der Waals surface area contributed by atoms with E-state index in [1.807, 2.05) is 18.2 Å². The number of nitrogens with zero attached hydrogens (tertiary/aromatic N) is 1. The molecule has 1 aliphatic rings. The average molecular weight is 374 g/mol. The van der Waals surface area contributed by atoms with E-state index in [1.165, 1.54) is 0 Å². The van der Waals surface area contributed by atoms with E-state index in [1.54, 1.807) is 41.3 Å². The van der Waals surface area contributed by atoms with Gasteiger partial charge < -0.3 is 9.64 Å². The average Bonchev–Trinajstić information content (AvgIpc) is 2.64. The van der Waals surface area contributed by atoms with E-state index < -0.39 is 10.0 Å². The van der Waals surface area contributed by atoms with Gasteiger partial charge >= 0.3 is 0 Å². The maximum Gasteiger partial charge on any atom is 0.258 e. The number of amides is 1. The minimum Gasteiger partial charge on any atom is -0.381 e. The van der Waals surface area contributed by atoms with Gasteiger partial charge in [-0.2, -0.15) is 0 Å². The van der Waals surface area contributed by atoms with Gasteiger partial charge in [0.05, 0.1) is 6.26 Å². The number of nitrogens with one attached hydrogen (secondary N) is 1. The molecule has 1 N–H and O–H groups in total. The Balaban J connectivity index is 1.91. The molecule has 1 amide bonds. The second-order valence-corrected chi connectivity index (χ2v) is 8.05. The van der Waals surface area contributed by atoms with Crippen molar-refractivity contribution in [1.82, 2.24) is 0 Å². The van der Waals surface area contributed by atoms with Crippen molar-refractivity contribution < 1.29 is 17.9 Å². The summed E-state index contributed by atoms with van der Waals surface area (Å²) in [6.45, 7) is 1.24. The number of benzene rings is 2. The van der Waals surface area contributed by atoms with E-state index in [4.69, 9.17) is 4.74 Å². The highest BCUT2D eigenvalue weighted by Crippen LogP contribution is 2.27. The maximum absolute atomic E-state index is 13.1. The number of ether oxygens (including phenoxy) is 1. The van der Waals surface area contributed by atoms with Crippen LogP contribution >= 0.6 is 0 Å². The monoisotopic (exact) mass is 374 g/mol. The van der Waals surface area contributed by atoms with Crippen LogP contribution in [0.1, 0.15) is 23.2 Å². The van der Waals surface area contributed by atoms with Crippen molar-refractivity contribution in [2.75, 3.05) is 29.1 Å². The predicted octanol–water partition coefficient (Wildman–Crippen LogP) is 2.88. The van der Waals surface area contributed by atoms with Gasteiger partial charge in [-0.3, -0.25) is 9.52 Å². The van der Waals surface area contributed by atoms with Gasteiger partial charge in [-0.25, -0.2) is 8.42 Å². The highest BCUT2D eigenvalue weighted by molar-refractivity contribution is 7.92. The molecular formula is C19H22N2O4S. The first kappa shape index (κ1) is 18.4. The molecule has 7 heteroatoms. The Bertz CT molecular complexity index is 845. The summed E-state index contributed by atoms with van der Waals surface area (Å²) in [4.78, 5) is 14.9. The summed E-state index contributed by atoms with van der Waals surface area (Å²) in [7, 11) is -3.34. The molecule has 2 aromatic rings. The van der Waals surface area contributed by atoms with Crippen molar-refractivity contribution in [3.8, 4) is 0 Å². The topological polar surface area (TPSA) is 75.7 Å². The first-order valence-electron chi connectivity index (χ1n) is 8.48. The van der Waals surface area contributed by atoms with Crippen molar-refractivity contribution in [3.63, 3.8) is 0 Å². The molecule has 3 rings (SSSR count). The molecule has 1 aliphatic heterocycles. The third-order valence-electron chi connectivity index (χ3n) is 4.24. The molecule has 6 nitrogen and oxygen atoms in total. The highest BCUT2D eigenvalue weighted by atomic mass is 32.2. The number of anilines is 2. The number of hydrogen-bond acceptors (Lipinski definition) is 4. The molecule has 0 bridgehead atoms. The van der Waals surface area contributed by atoms with Crippen LogP contribution in [0.15, 0.2) is 54.6 Å². The standard InChI is InChI=1S/C19H22N2O4S/c1-26(23,24)20-16-7-9-17(10-8-16)21(18-11-13-25-14-12-18)19(22)15-5-3-2-4-6-15/h2-10,18,20H,11-14H2,1H3. The summed E-state index contributed by atoms with van der Waals surface area (Å²) >= 11 is 0. The van der Waals surface area contributed by atoms with E-state index >= 15 is 0 Å². The van der Waals surface area contributed by atoms with Crippen molar-refractivity contribution in [2.24, 2.45) is 0 Å². The minimum absolute atomic E-state index is 0.0465. The SMILES string of the molecule is CS(=O)(=O)Nc1ccc(N(C(=O)c2ccccc2)C2CCOCC2)cc1. The zero-order chi connectivity index (χ0) is 18.6. The largest absolute Gasteiger partial charge is 0.381 e. The Labute approximate surface area is 153 Å². The van der Waals surface area contributed by atoms with Crippen molar-refractivity contribution in [2.45, 2.75) is 18.9 Å². The molecule has 0 radical (unpaired) electrons. The third-order valence-corrected chi connectivity index (χ3v) is 4.85. The smallest absolute Gasteiger partial charge is 0.258 e. The lowest BCUT2D eigenvalue weighted by Crippen LogP contribution is -2.43. The van der Waals surface area contributed by atoms with Gasteiger partial charge in [0.2, 0.25) is 10.0 Å². The maximum atomic E-state index is 13.1. The lowest BCUT2D eigenvalue weighted by molar-refractivity contribution is 0.0772. The van der Waals surface area contributed by atoms with Crippen LogP contribution in [0.2, 0.25) is 0 Å². The van der Waals surface area contributed by atoms with Crippen LogP contribution in [-0.4, -0.2) is 39.8 Å². The minimum atomic E-state index is -3.34. The van der Waals surface area contributed by atoms with Gasteiger partial charge in [-0.15, -0.1) is 0 Å². The van der Waals surface area contributed by atoms with Crippen LogP contribution in [0, 0.1) is 0 Å². The second-order valence-electron chi connectivity index (χ2n) is 6.31. The molecule has 1 fully saturated rings. The van der Waals surface area contributed by atoms with E-state index in [9.17, 15) is 13.2 Å². The van der Waals surface area contributed by atoms with E-state index in [0.717, 1.165) is 24.8 Å². The molecule has 1 heterocycles. The number of carbonyl (C=O) groups is 1. The molecule has 0 aromatic heterocycles. The van der Waals surface area contributed by atoms with Gasteiger partial charge in [0.25, 0.3) is 5.91 Å². The summed E-state index contributed by atoms with van der Waals surface area (Å²) in [5.41, 5.74) is 1.83. The molecule has 26 heavy (non-hydrogen) atoms. The number of hydrogen-bond donors (Lipinski definition) is 1. The van der Waals surface area contributed by atoms with Gasteiger partial charge in [-0.05, 0) is 49.2 Å². The fourth-order valence-electron chi connectivity index (χ4n) is 3.06. The zero-order valence-corrected chi connectivity index (χ0v) is 15.4. The number of sulfonamides is 1. The predicted molar refractivity (Wildman–Crippen MR) is 102 cm³/mol. The van der Waals surface area contributed by atoms with Gasteiger partial charge in [0.15, 0.2) is 0 Å². The normalized spacial score (nSPS) is 15.4. The van der Waals surface area contributed by atoms with Crippen molar-refractivity contribution >= 4 is 27.3 Å². The fourth-order valence-corrected chi connectivity index (χ4v) is 3.63. The first-order valence-corrected chi connectivity index (χ1v) is 10.4. The summed E-state index contributed by atoms with van der Waals surface area (Å²) < 4.78 is 30.6. The molecule has 0 atom stereocenters. The van der Waals surface area contributed by atoms with Crippen LogP contribution in [0.25, 0.3) is 0 Å². The molecule has 0 saturated carbocycles. The molecule has 0 unspecified atom stereocenters. The van der Waals surface area contributed by atoms with E-state index in [0.29, 0.717) is 24.5 Å². The van der Waals surface area contributed by atoms with Gasteiger partial charge in [-0.1, -0.05) is 18.2 Å². The highest BCUT2D eigenvalue weighted by Gasteiger charge is 2.28. The van der Waals surface area contributed by atoms with Crippen LogP contribution in [0.3, 0.4) is 0 Å². The Morgan fingerprint density at radius 1 is 1.04 bits per heavy atom. The molecule has 0 spiro atoms. The van der Waals surface area contributed by atoms with Gasteiger partial charge in [0, 0.05) is 36.2 Å². The Morgan fingerprint density at radius 3 is 2.23 bits per heavy atom. The van der Waals surface area contributed by atoms with Crippen molar-refractivity contribution in [1.29, 1.82) is 0 Å². The third kappa shape index (κ3) is 4.62. The second kappa shape index (κ2) is 7.88. The van der Waals surface area contributed by atoms with E-state index in [2.05, 4.69) is 4.72 Å².